The third kappa shape index (κ3) is 5.97. The minimum Gasteiger partial charge on any atom is -0.497 e. The van der Waals surface area contributed by atoms with Gasteiger partial charge in [0.15, 0.2) is 5.17 Å². The van der Waals surface area contributed by atoms with Crippen molar-refractivity contribution in [3.8, 4) is 11.5 Å². The largest absolute Gasteiger partial charge is 0.497 e. The highest BCUT2D eigenvalue weighted by Crippen LogP contribution is 2.26. The number of hydrogen-bond donors (Lipinski definition) is 2. The van der Waals surface area contributed by atoms with Gasteiger partial charge in [0, 0.05) is 11.1 Å². The average Bonchev–Trinajstić information content (AvgIpc) is 2.89. The van der Waals surface area contributed by atoms with Crippen molar-refractivity contribution in [3.63, 3.8) is 0 Å². The molecule has 4 aromatic rings. The number of methoxy groups -OCH3 is 1. The summed E-state index contributed by atoms with van der Waals surface area (Å²) in [6.07, 6.45) is 0. The molecule has 172 valence electrons. The fourth-order valence-corrected chi connectivity index (χ4v) is 4.38. The van der Waals surface area contributed by atoms with E-state index in [0.29, 0.717) is 17.5 Å². The van der Waals surface area contributed by atoms with Crippen molar-refractivity contribution in [1.82, 2.24) is 4.90 Å². The Balaban J connectivity index is 1.46. The van der Waals surface area contributed by atoms with Crippen molar-refractivity contribution >= 4 is 33.5 Å². The number of hydrogen-bond acceptors (Lipinski definition) is 5. The normalized spacial score (nSPS) is 10.6. The molecule has 0 aliphatic heterocycles. The molecule has 0 saturated heterocycles. The molecule has 0 aliphatic carbocycles. The summed E-state index contributed by atoms with van der Waals surface area (Å²) >= 11 is 1.39. The Morgan fingerprint density at radius 1 is 0.794 bits per heavy atom. The number of benzene rings is 4. The lowest BCUT2D eigenvalue weighted by molar-refractivity contribution is 0.363. The molecule has 34 heavy (non-hydrogen) atoms. The Bertz CT molecular complexity index is 1250. The van der Waals surface area contributed by atoms with Crippen LogP contribution in [0.4, 0.5) is 0 Å². The lowest BCUT2D eigenvalue weighted by Crippen LogP contribution is -2.37. The number of ether oxygens (including phenoxy) is 2. The standard InChI is InChI=1S/C28H27N3O2S/c1-32-24-16-14-22(15-17-24)20-34-28(30)31(18-21-8-3-2-4-9-21)27(29)19-33-26-13-7-11-23-10-5-6-12-25(23)26/h2-17,29-30H,18-20H2,1H3. The van der Waals surface area contributed by atoms with E-state index in [1.807, 2.05) is 97.1 Å². The quantitative estimate of drug-likeness (QED) is 0.226. The molecule has 6 heteroatoms. The van der Waals surface area contributed by atoms with Crippen LogP contribution in [0, 0.1) is 10.8 Å². The van der Waals surface area contributed by atoms with Gasteiger partial charge in [0.05, 0.1) is 13.7 Å². The number of amidine groups is 2. The van der Waals surface area contributed by atoms with E-state index in [2.05, 4.69) is 0 Å². The van der Waals surface area contributed by atoms with Gasteiger partial charge in [-0.1, -0.05) is 90.6 Å². The maximum atomic E-state index is 8.75. The first kappa shape index (κ1) is 23.4. The van der Waals surface area contributed by atoms with Crippen molar-refractivity contribution < 1.29 is 9.47 Å². The predicted octanol–water partition coefficient (Wildman–Crippen LogP) is 6.57. The zero-order valence-corrected chi connectivity index (χ0v) is 19.8. The number of nitrogens with zero attached hydrogens (tertiary/aromatic N) is 1. The second-order valence-corrected chi connectivity index (χ2v) is 8.69. The van der Waals surface area contributed by atoms with E-state index in [-0.39, 0.29) is 12.4 Å². The molecular weight excluding hydrogens is 442 g/mol. The molecule has 0 aliphatic rings. The first-order valence-electron chi connectivity index (χ1n) is 11.0. The Morgan fingerprint density at radius 3 is 2.26 bits per heavy atom. The van der Waals surface area contributed by atoms with E-state index in [9.17, 15) is 0 Å². The second-order valence-electron chi connectivity index (χ2n) is 7.73. The summed E-state index contributed by atoms with van der Waals surface area (Å²) in [6, 6.07) is 31.7. The van der Waals surface area contributed by atoms with Crippen LogP contribution >= 0.6 is 11.8 Å². The highest BCUT2D eigenvalue weighted by atomic mass is 32.2. The highest BCUT2D eigenvalue weighted by molar-refractivity contribution is 8.13. The third-order valence-corrected chi connectivity index (χ3v) is 6.37. The van der Waals surface area contributed by atoms with E-state index >= 15 is 0 Å². The van der Waals surface area contributed by atoms with Crippen LogP contribution in [0.5, 0.6) is 11.5 Å². The number of fused-ring (bicyclic) bond motifs is 1. The van der Waals surface area contributed by atoms with Crippen molar-refractivity contribution in [2.75, 3.05) is 13.7 Å². The topological polar surface area (TPSA) is 69.4 Å². The monoisotopic (exact) mass is 469 g/mol. The van der Waals surface area contributed by atoms with Crippen LogP contribution in [0.2, 0.25) is 0 Å². The Morgan fingerprint density at radius 2 is 1.50 bits per heavy atom. The van der Waals surface area contributed by atoms with Gasteiger partial charge in [0.2, 0.25) is 0 Å². The average molecular weight is 470 g/mol. The zero-order valence-electron chi connectivity index (χ0n) is 19.0. The van der Waals surface area contributed by atoms with Crippen molar-refractivity contribution in [3.05, 3.63) is 108 Å². The van der Waals surface area contributed by atoms with E-state index in [0.717, 1.165) is 33.4 Å². The Labute approximate surface area is 204 Å². The van der Waals surface area contributed by atoms with Gasteiger partial charge < -0.3 is 14.4 Å². The van der Waals surface area contributed by atoms with Crippen LogP contribution < -0.4 is 9.47 Å². The van der Waals surface area contributed by atoms with Gasteiger partial charge in [0.1, 0.15) is 23.9 Å². The minimum atomic E-state index is 0.0757. The SMILES string of the molecule is COc1ccc(CSC(=N)N(Cc2ccccc2)C(=N)COc2cccc3ccccc23)cc1. The smallest absolute Gasteiger partial charge is 0.162 e. The van der Waals surface area contributed by atoms with Crippen molar-refractivity contribution in [2.24, 2.45) is 0 Å². The summed E-state index contributed by atoms with van der Waals surface area (Å²) < 4.78 is 11.3. The van der Waals surface area contributed by atoms with Crippen molar-refractivity contribution in [1.29, 1.82) is 10.8 Å². The Hall–Kier alpha value is -3.77. The summed E-state index contributed by atoms with van der Waals surface area (Å²) in [5, 5.41) is 19.9. The van der Waals surface area contributed by atoms with Gasteiger partial charge in [-0.25, -0.2) is 0 Å². The first-order valence-corrected chi connectivity index (χ1v) is 12.0. The number of nitrogens with one attached hydrogen (secondary N) is 2. The summed E-state index contributed by atoms with van der Waals surface area (Å²) in [5.41, 5.74) is 2.13. The summed E-state index contributed by atoms with van der Waals surface area (Å²) in [5.74, 6) is 2.41. The molecule has 5 nitrogen and oxygen atoms in total. The van der Waals surface area contributed by atoms with Crippen LogP contribution in [-0.4, -0.2) is 29.6 Å². The molecule has 0 atom stereocenters. The maximum absolute atomic E-state index is 8.75. The molecule has 4 aromatic carbocycles. The molecule has 0 radical (unpaired) electrons. The molecular formula is C28H27N3O2S. The van der Waals surface area contributed by atoms with Crippen LogP contribution in [0.3, 0.4) is 0 Å². The zero-order chi connectivity index (χ0) is 23.8. The minimum absolute atomic E-state index is 0.0757. The summed E-state index contributed by atoms with van der Waals surface area (Å²) in [6.45, 7) is 0.513. The summed E-state index contributed by atoms with van der Waals surface area (Å²) in [7, 11) is 1.65. The van der Waals surface area contributed by atoms with Crippen LogP contribution in [0.1, 0.15) is 11.1 Å². The maximum Gasteiger partial charge on any atom is 0.162 e. The third-order valence-electron chi connectivity index (χ3n) is 5.40. The number of thioether (sulfide) groups is 1. The molecule has 2 N–H and O–H groups in total. The highest BCUT2D eigenvalue weighted by Gasteiger charge is 2.18. The summed E-state index contributed by atoms with van der Waals surface area (Å²) in [4.78, 5) is 1.70. The molecule has 0 unspecified atom stereocenters. The van der Waals surface area contributed by atoms with Gasteiger partial charge in [0.25, 0.3) is 0 Å². The second kappa shape index (κ2) is 11.4. The Kier molecular flexibility index (Phi) is 7.83. The molecule has 0 saturated carbocycles. The fourth-order valence-electron chi connectivity index (χ4n) is 3.55. The van der Waals surface area contributed by atoms with Crippen molar-refractivity contribution in [2.45, 2.75) is 12.3 Å². The van der Waals surface area contributed by atoms with Crippen LogP contribution in [0.25, 0.3) is 10.8 Å². The van der Waals surface area contributed by atoms with Crippen LogP contribution in [0.15, 0.2) is 97.1 Å². The molecule has 0 bridgehead atoms. The molecule has 0 heterocycles. The molecule has 4 rings (SSSR count). The van der Waals surface area contributed by atoms with Gasteiger partial charge >= 0.3 is 0 Å². The van der Waals surface area contributed by atoms with E-state index < -0.39 is 0 Å². The first-order chi connectivity index (χ1) is 16.6. The lowest BCUT2D eigenvalue weighted by atomic mass is 10.1. The fraction of sp³-hybridized carbons (Fsp3) is 0.143. The molecule has 0 fully saturated rings. The van der Waals surface area contributed by atoms with E-state index in [1.54, 1.807) is 12.0 Å². The molecule has 0 amide bonds. The van der Waals surface area contributed by atoms with Gasteiger partial charge in [-0.05, 0) is 34.7 Å². The van der Waals surface area contributed by atoms with Crippen LogP contribution in [-0.2, 0) is 12.3 Å². The van der Waals surface area contributed by atoms with Gasteiger partial charge in [-0.15, -0.1) is 0 Å². The van der Waals surface area contributed by atoms with Gasteiger partial charge in [-0.2, -0.15) is 0 Å². The van der Waals surface area contributed by atoms with E-state index in [1.165, 1.54) is 11.8 Å². The predicted molar refractivity (Wildman–Crippen MR) is 141 cm³/mol. The number of rotatable bonds is 8. The van der Waals surface area contributed by atoms with Gasteiger partial charge in [-0.3, -0.25) is 10.8 Å². The lowest BCUT2D eigenvalue weighted by Gasteiger charge is -2.25. The van der Waals surface area contributed by atoms with E-state index in [4.69, 9.17) is 20.3 Å². The molecule has 0 aromatic heterocycles. The molecule has 0 spiro atoms.